The number of nitrogens with one attached hydrogen (secondary N) is 1. The Morgan fingerprint density at radius 2 is 2.10 bits per heavy atom. The predicted octanol–water partition coefficient (Wildman–Crippen LogP) is 2.18. The summed E-state index contributed by atoms with van der Waals surface area (Å²) in [6.07, 6.45) is 8.09. The van der Waals surface area contributed by atoms with Gasteiger partial charge < -0.3 is 4.90 Å². The molecule has 0 saturated carbocycles. The second-order valence-corrected chi connectivity index (χ2v) is 5.52. The molecular weight excluding hydrogens is 266 g/mol. The van der Waals surface area contributed by atoms with E-state index in [1.165, 1.54) is 0 Å². The Morgan fingerprint density at radius 1 is 1.24 bits per heavy atom. The molecule has 1 fully saturated rings. The Labute approximate surface area is 123 Å². The molecule has 1 saturated heterocycles. The number of nitrogens with zero attached hydrogens (tertiary/aromatic N) is 4. The van der Waals surface area contributed by atoms with Crippen molar-refractivity contribution in [2.45, 2.75) is 39.2 Å². The second kappa shape index (κ2) is 5.63. The number of H-pyrrole nitrogens is 1. The molecular formula is C15H19N5O. The number of hydrogen-bond acceptors (Lipinski definition) is 4. The molecule has 0 aromatic carbocycles. The first-order chi connectivity index (χ1) is 10.2. The van der Waals surface area contributed by atoms with Crippen molar-refractivity contribution in [1.82, 2.24) is 25.1 Å². The zero-order chi connectivity index (χ0) is 14.8. The predicted molar refractivity (Wildman–Crippen MR) is 77.7 cm³/mol. The summed E-state index contributed by atoms with van der Waals surface area (Å²) in [4.78, 5) is 23.0. The molecule has 6 heteroatoms. The van der Waals surface area contributed by atoms with Gasteiger partial charge in [0.15, 0.2) is 0 Å². The number of carbonyl (C=O) groups excluding carboxylic acids is 1. The highest BCUT2D eigenvalue weighted by molar-refractivity contribution is 5.92. The monoisotopic (exact) mass is 285 g/mol. The van der Waals surface area contributed by atoms with Gasteiger partial charge in [-0.15, -0.1) is 0 Å². The fraction of sp³-hybridized carbons (Fsp3) is 0.467. The van der Waals surface area contributed by atoms with Gasteiger partial charge in [-0.25, -0.2) is 4.98 Å². The quantitative estimate of drug-likeness (QED) is 0.917. The van der Waals surface area contributed by atoms with Gasteiger partial charge in [0.05, 0.1) is 29.8 Å². The van der Waals surface area contributed by atoms with Gasteiger partial charge in [0, 0.05) is 12.7 Å². The Morgan fingerprint density at radius 3 is 2.76 bits per heavy atom. The fourth-order valence-corrected chi connectivity index (χ4v) is 2.82. The van der Waals surface area contributed by atoms with E-state index in [9.17, 15) is 4.79 Å². The molecule has 0 spiro atoms. The highest BCUT2D eigenvalue weighted by Crippen LogP contribution is 2.32. The number of rotatable bonds is 2. The maximum Gasteiger partial charge on any atom is 0.274 e. The van der Waals surface area contributed by atoms with Crippen molar-refractivity contribution in [2.24, 2.45) is 0 Å². The van der Waals surface area contributed by atoms with E-state index in [0.717, 1.165) is 42.8 Å². The molecule has 1 aliphatic rings. The van der Waals surface area contributed by atoms with Crippen LogP contribution in [0, 0.1) is 13.8 Å². The number of aromatic nitrogens is 4. The molecule has 21 heavy (non-hydrogen) atoms. The van der Waals surface area contributed by atoms with Crippen molar-refractivity contribution in [2.75, 3.05) is 6.54 Å². The van der Waals surface area contributed by atoms with Gasteiger partial charge >= 0.3 is 0 Å². The number of hydrogen-bond donors (Lipinski definition) is 1. The summed E-state index contributed by atoms with van der Waals surface area (Å²) < 4.78 is 0. The first-order valence-electron chi connectivity index (χ1n) is 7.26. The Kier molecular flexibility index (Phi) is 3.68. The maximum absolute atomic E-state index is 12.7. The average molecular weight is 285 g/mol. The van der Waals surface area contributed by atoms with E-state index in [2.05, 4.69) is 20.2 Å². The van der Waals surface area contributed by atoms with Crippen molar-refractivity contribution >= 4 is 5.91 Å². The maximum atomic E-state index is 12.7. The molecule has 3 rings (SSSR count). The molecule has 110 valence electrons. The first-order valence-corrected chi connectivity index (χ1v) is 7.26. The SMILES string of the molecule is Cc1cnc(C(=O)N2CCCCC2c2[nH]ncc2C)cn1. The van der Waals surface area contributed by atoms with Gasteiger partial charge in [-0.1, -0.05) is 0 Å². The number of carbonyl (C=O) groups is 1. The van der Waals surface area contributed by atoms with Crippen molar-refractivity contribution in [1.29, 1.82) is 0 Å². The molecule has 2 aromatic heterocycles. The third-order valence-electron chi connectivity index (χ3n) is 3.96. The third kappa shape index (κ3) is 2.66. The lowest BCUT2D eigenvalue weighted by Gasteiger charge is -2.35. The molecule has 3 heterocycles. The van der Waals surface area contributed by atoms with Gasteiger partial charge in [0.1, 0.15) is 5.69 Å². The second-order valence-electron chi connectivity index (χ2n) is 5.52. The molecule has 1 amide bonds. The van der Waals surface area contributed by atoms with Crippen LogP contribution in [0.1, 0.15) is 52.7 Å². The number of piperidine rings is 1. The molecule has 1 aliphatic heterocycles. The van der Waals surface area contributed by atoms with Gasteiger partial charge in [0.2, 0.25) is 0 Å². The van der Waals surface area contributed by atoms with Crippen LogP contribution < -0.4 is 0 Å². The summed E-state index contributed by atoms with van der Waals surface area (Å²) in [5.74, 6) is -0.0544. The standard InChI is InChI=1S/C15H19N5O/c1-10-7-18-19-14(10)13-5-3-4-6-20(13)15(21)12-9-16-11(2)8-17-12/h7-9,13H,3-6H2,1-2H3,(H,18,19). The van der Waals surface area contributed by atoms with Crippen LogP contribution in [-0.2, 0) is 0 Å². The average Bonchev–Trinajstić information content (AvgIpc) is 2.93. The minimum absolute atomic E-state index is 0.0526. The first kappa shape index (κ1) is 13.7. The molecule has 1 N–H and O–H groups in total. The van der Waals surface area contributed by atoms with Crippen LogP contribution in [0.15, 0.2) is 18.6 Å². The highest BCUT2D eigenvalue weighted by Gasteiger charge is 2.31. The minimum Gasteiger partial charge on any atom is -0.329 e. The van der Waals surface area contributed by atoms with Gasteiger partial charge in [-0.2, -0.15) is 5.10 Å². The normalized spacial score (nSPS) is 18.8. The number of aryl methyl sites for hydroxylation is 2. The van der Waals surface area contributed by atoms with Crippen molar-refractivity contribution in [3.8, 4) is 0 Å². The van der Waals surface area contributed by atoms with E-state index >= 15 is 0 Å². The summed E-state index contributed by atoms with van der Waals surface area (Å²) in [7, 11) is 0. The largest absolute Gasteiger partial charge is 0.329 e. The van der Waals surface area contributed by atoms with Crippen LogP contribution >= 0.6 is 0 Å². The minimum atomic E-state index is -0.0544. The van der Waals surface area contributed by atoms with E-state index in [0.29, 0.717) is 5.69 Å². The summed E-state index contributed by atoms with van der Waals surface area (Å²) in [6, 6.07) is 0.0526. The molecule has 0 radical (unpaired) electrons. The van der Waals surface area contributed by atoms with E-state index in [-0.39, 0.29) is 11.9 Å². The van der Waals surface area contributed by atoms with Crippen LogP contribution in [0.5, 0.6) is 0 Å². The lowest BCUT2D eigenvalue weighted by Crippen LogP contribution is -2.39. The zero-order valence-electron chi connectivity index (χ0n) is 12.3. The summed E-state index contributed by atoms with van der Waals surface area (Å²) in [5.41, 5.74) is 3.34. The lowest BCUT2D eigenvalue weighted by atomic mass is 9.97. The Bertz CT molecular complexity index is 634. The molecule has 0 aliphatic carbocycles. The number of amides is 1. The van der Waals surface area contributed by atoms with Crippen LogP contribution in [0.25, 0.3) is 0 Å². The topological polar surface area (TPSA) is 74.8 Å². The van der Waals surface area contributed by atoms with Crippen LogP contribution in [-0.4, -0.2) is 37.5 Å². The lowest BCUT2D eigenvalue weighted by molar-refractivity contribution is 0.0598. The Balaban J connectivity index is 1.89. The van der Waals surface area contributed by atoms with E-state index in [1.54, 1.807) is 18.6 Å². The smallest absolute Gasteiger partial charge is 0.274 e. The van der Waals surface area contributed by atoms with Gasteiger partial charge in [-0.05, 0) is 38.7 Å². The van der Waals surface area contributed by atoms with E-state index in [1.807, 2.05) is 18.7 Å². The summed E-state index contributed by atoms with van der Waals surface area (Å²) in [5, 5.41) is 7.12. The third-order valence-corrected chi connectivity index (χ3v) is 3.96. The number of aromatic amines is 1. The van der Waals surface area contributed by atoms with E-state index in [4.69, 9.17) is 0 Å². The van der Waals surface area contributed by atoms with E-state index < -0.39 is 0 Å². The highest BCUT2D eigenvalue weighted by atomic mass is 16.2. The van der Waals surface area contributed by atoms with Crippen molar-refractivity contribution in [3.05, 3.63) is 41.2 Å². The summed E-state index contributed by atoms with van der Waals surface area (Å²) >= 11 is 0. The zero-order valence-corrected chi connectivity index (χ0v) is 12.3. The van der Waals surface area contributed by atoms with Crippen LogP contribution in [0.2, 0.25) is 0 Å². The van der Waals surface area contributed by atoms with Crippen LogP contribution in [0.4, 0.5) is 0 Å². The number of likely N-dealkylation sites (tertiary alicyclic amines) is 1. The van der Waals surface area contributed by atoms with Gasteiger partial charge in [0.25, 0.3) is 5.91 Å². The van der Waals surface area contributed by atoms with Crippen molar-refractivity contribution < 1.29 is 4.79 Å². The van der Waals surface area contributed by atoms with Gasteiger partial charge in [-0.3, -0.25) is 14.9 Å². The van der Waals surface area contributed by atoms with Crippen LogP contribution in [0.3, 0.4) is 0 Å². The summed E-state index contributed by atoms with van der Waals surface area (Å²) in [6.45, 7) is 4.62. The molecule has 2 aromatic rings. The van der Waals surface area contributed by atoms with Crippen molar-refractivity contribution in [3.63, 3.8) is 0 Å². The Hall–Kier alpha value is -2.24. The fourth-order valence-electron chi connectivity index (χ4n) is 2.82. The molecule has 1 atom stereocenters. The molecule has 0 bridgehead atoms. The molecule has 1 unspecified atom stereocenters. The molecule has 6 nitrogen and oxygen atoms in total.